The van der Waals surface area contributed by atoms with Crippen LogP contribution in [0.1, 0.15) is 28.9 Å². The van der Waals surface area contributed by atoms with Crippen LogP contribution in [0.2, 0.25) is 0 Å². The molecule has 0 aliphatic heterocycles. The summed E-state index contributed by atoms with van der Waals surface area (Å²) in [7, 11) is 0. The molecule has 0 aromatic heterocycles. The van der Waals surface area contributed by atoms with Crippen LogP contribution in [0.15, 0.2) is 48.5 Å². The van der Waals surface area contributed by atoms with E-state index in [-0.39, 0.29) is 11.0 Å². The molecule has 0 aliphatic carbocycles. The fourth-order valence-electron chi connectivity index (χ4n) is 2.12. The number of nitrogens with two attached hydrogens (primary N) is 1. The third-order valence-corrected chi connectivity index (χ3v) is 4.51. The largest absolute Gasteiger partial charge is 0.398 e. The van der Waals surface area contributed by atoms with Gasteiger partial charge in [-0.05, 0) is 31.0 Å². The minimum absolute atomic E-state index is 0.0972. The second kappa shape index (κ2) is 6.62. The molecule has 2 rings (SSSR count). The molecule has 0 spiro atoms. The van der Waals surface area contributed by atoms with Gasteiger partial charge in [0.1, 0.15) is 5.78 Å². The Kier molecular flexibility index (Phi) is 4.85. The molecule has 0 saturated carbocycles. The number of anilines is 1. The summed E-state index contributed by atoms with van der Waals surface area (Å²) in [5.41, 5.74) is 10.4. The number of thioether (sulfide) groups is 1. The maximum absolute atomic E-state index is 11.3. The highest BCUT2D eigenvalue weighted by molar-refractivity contribution is 8.00. The third kappa shape index (κ3) is 3.64. The smallest absolute Gasteiger partial charge is 0.139 e. The van der Waals surface area contributed by atoms with E-state index in [4.69, 9.17) is 5.73 Å². The number of benzene rings is 2. The van der Waals surface area contributed by atoms with Gasteiger partial charge in [0.15, 0.2) is 0 Å². The fraction of sp³-hybridized carbons (Fsp3) is 0.235. The van der Waals surface area contributed by atoms with Gasteiger partial charge in [0.2, 0.25) is 0 Å². The van der Waals surface area contributed by atoms with Crippen LogP contribution in [0.25, 0.3) is 0 Å². The maximum Gasteiger partial charge on any atom is 0.139 e. The summed E-state index contributed by atoms with van der Waals surface area (Å²) in [4.78, 5) is 11.3. The highest BCUT2D eigenvalue weighted by atomic mass is 32.2. The summed E-state index contributed by atoms with van der Waals surface area (Å²) < 4.78 is 0. The van der Waals surface area contributed by atoms with Crippen LogP contribution in [-0.2, 0) is 4.79 Å². The molecular formula is C17H19NOS. The molecule has 0 fully saturated rings. The second-order valence-corrected chi connectivity index (χ2v) is 6.03. The zero-order valence-electron chi connectivity index (χ0n) is 11.8. The summed E-state index contributed by atoms with van der Waals surface area (Å²) in [6.45, 7) is 3.68. The number of ketones is 1. The first-order valence-electron chi connectivity index (χ1n) is 6.60. The molecule has 104 valence electrons. The number of Topliss-reactive ketones (excluding diaryl/α,β-unsaturated/α-hetero) is 1. The van der Waals surface area contributed by atoms with Gasteiger partial charge in [0.05, 0.1) is 11.0 Å². The van der Waals surface area contributed by atoms with Crippen molar-refractivity contribution in [3.63, 3.8) is 0 Å². The van der Waals surface area contributed by atoms with Crippen molar-refractivity contribution < 1.29 is 4.79 Å². The monoisotopic (exact) mass is 285 g/mol. The van der Waals surface area contributed by atoms with Crippen molar-refractivity contribution >= 4 is 23.2 Å². The first-order chi connectivity index (χ1) is 9.58. The Morgan fingerprint density at radius 3 is 2.55 bits per heavy atom. The molecule has 2 aromatic carbocycles. The molecule has 2 nitrogen and oxygen atoms in total. The lowest BCUT2D eigenvalue weighted by Gasteiger charge is -2.19. The first kappa shape index (κ1) is 14.7. The predicted molar refractivity (Wildman–Crippen MR) is 87.0 cm³/mol. The molecule has 0 aliphatic rings. The lowest BCUT2D eigenvalue weighted by Crippen LogP contribution is -2.05. The number of aryl methyl sites for hydroxylation is 1. The van der Waals surface area contributed by atoms with E-state index in [1.54, 1.807) is 18.7 Å². The molecule has 20 heavy (non-hydrogen) atoms. The summed E-state index contributed by atoms with van der Waals surface area (Å²) in [5, 5.41) is 0.0972. The van der Waals surface area contributed by atoms with Crippen LogP contribution in [0, 0.1) is 6.92 Å². The molecule has 0 radical (unpaired) electrons. The summed E-state index contributed by atoms with van der Waals surface area (Å²) in [5.74, 6) is 0.676. The zero-order valence-corrected chi connectivity index (χ0v) is 12.6. The van der Waals surface area contributed by atoms with Gasteiger partial charge in [-0.1, -0.05) is 48.0 Å². The van der Waals surface area contributed by atoms with Crippen LogP contribution in [-0.4, -0.2) is 11.5 Å². The molecule has 0 bridgehead atoms. The van der Waals surface area contributed by atoms with Crippen molar-refractivity contribution in [2.45, 2.75) is 19.1 Å². The van der Waals surface area contributed by atoms with E-state index in [0.717, 1.165) is 11.3 Å². The van der Waals surface area contributed by atoms with Gasteiger partial charge < -0.3 is 5.73 Å². The summed E-state index contributed by atoms with van der Waals surface area (Å²) in [6, 6.07) is 16.3. The van der Waals surface area contributed by atoms with E-state index in [1.165, 1.54) is 11.1 Å². The first-order valence-corrected chi connectivity index (χ1v) is 7.65. The van der Waals surface area contributed by atoms with Gasteiger partial charge in [-0.25, -0.2) is 0 Å². The molecule has 0 amide bonds. The number of carbonyl (C=O) groups excluding carboxylic acids is 1. The number of carbonyl (C=O) groups is 1. The van der Waals surface area contributed by atoms with Crippen molar-refractivity contribution in [2.75, 3.05) is 11.5 Å². The highest BCUT2D eigenvalue weighted by Gasteiger charge is 2.18. The van der Waals surface area contributed by atoms with Gasteiger partial charge in [-0.15, -0.1) is 11.8 Å². The van der Waals surface area contributed by atoms with E-state index >= 15 is 0 Å². The van der Waals surface area contributed by atoms with Gasteiger partial charge in [0.25, 0.3) is 0 Å². The normalized spacial score (nSPS) is 12.1. The van der Waals surface area contributed by atoms with Crippen molar-refractivity contribution in [3.05, 3.63) is 65.2 Å². The van der Waals surface area contributed by atoms with Gasteiger partial charge in [0, 0.05) is 5.69 Å². The van der Waals surface area contributed by atoms with Crippen LogP contribution >= 0.6 is 11.8 Å². The molecule has 1 atom stereocenters. The molecule has 0 saturated heterocycles. The highest BCUT2D eigenvalue weighted by Crippen LogP contribution is 2.38. The summed E-state index contributed by atoms with van der Waals surface area (Å²) in [6.07, 6.45) is 0. The zero-order chi connectivity index (χ0) is 14.5. The Bertz CT molecular complexity index is 595. The molecule has 1 unspecified atom stereocenters. The maximum atomic E-state index is 11.3. The number of hydrogen-bond donors (Lipinski definition) is 1. The number of nitrogen functional groups attached to an aromatic ring is 1. The van der Waals surface area contributed by atoms with Gasteiger partial charge >= 0.3 is 0 Å². The SMILES string of the molecule is CC(=O)CSC(c1ccccc1)c1cc(C)ccc1N. The quantitative estimate of drug-likeness (QED) is 0.845. The minimum Gasteiger partial charge on any atom is -0.398 e. The van der Waals surface area contributed by atoms with Gasteiger partial charge in [-0.2, -0.15) is 0 Å². The summed E-state index contributed by atoms with van der Waals surface area (Å²) >= 11 is 1.63. The third-order valence-electron chi connectivity index (χ3n) is 3.08. The molecule has 2 N–H and O–H groups in total. The van der Waals surface area contributed by atoms with Crippen molar-refractivity contribution in [2.24, 2.45) is 0 Å². The Morgan fingerprint density at radius 2 is 1.90 bits per heavy atom. The van der Waals surface area contributed by atoms with E-state index in [9.17, 15) is 4.79 Å². The topological polar surface area (TPSA) is 43.1 Å². The van der Waals surface area contributed by atoms with E-state index in [2.05, 4.69) is 25.1 Å². The Hall–Kier alpha value is -1.74. The lowest BCUT2D eigenvalue weighted by atomic mass is 10.0. The number of rotatable bonds is 5. The fourth-order valence-corrected chi connectivity index (χ4v) is 3.25. The second-order valence-electron chi connectivity index (χ2n) is 4.94. The van der Waals surface area contributed by atoms with Crippen molar-refractivity contribution in [3.8, 4) is 0 Å². The predicted octanol–water partition coefficient (Wildman–Crippen LogP) is 3.99. The molecule has 2 aromatic rings. The van der Waals surface area contributed by atoms with Crippen LogP contribution in [0.5, 0.6) is 0 Å². The standard InChI is InChI=1S/C17H19NOS/c1-12-8-9-16(18)15(10-12)17(20-11-13(2)19)14-6-4-3-5-7-14/h3-10,17H,11,18H2,1-2H3. The Labute approximate surface area is 124 Å². The van der Waals surface area contributed by atoms with Crippen molar-refractivity contribution in [1.29, 1.82) is 0 Å². The number of hydrogen-bond acceptors (Lipinski definition) is 3. The molecule has 0 heterocycles. The van der Waals surface area contributed by atoms with E-state index < -0.39 is 0 Å². The van der Waals surface area contributed by atoms with E-state index in [0.29, 0.717) is 5.75 Å². The average Bonchev–Trinajstić information content (AvgIpc) is 2.43. The Balaban J connectivity index is 2.40. The molecule has 3 heteroatoms. The average molecular weight is 285 g/mol. The van der Waals surface area contributed by atoms with E-state index in [1.807, 2.05) is 30.3 Å². The van der Waals surface area contributed by atoms with Gasteiger partial charge in [-0.3, -0.25) is 4.79 Å². The minimum atomic E-state index is 0.0972. The van der Waals surface area contributed by atoms with Crippen LogP contribution in [0.3, 0.4) is 0 Å². The van der Waals surface area contributed by atoms with Crippen LogP contribution in [0.4, 0.5) is 5.69 Å². The van der Waals surface area contributed by atoms with Crippen LogP contribution < -0.4 is 5.73 Å². The lowest BCUT2D eigenvalue weighted by molar-refractivity contribution is -0.114. The Morgan fingerprint density at radius 1 is 1.20 bits per heavy atom. The van der Waals surface area contributed by atoms with Crippen molar-refractivity contribution in [1.82, 2.24) is 0 Å². The molecular weight excluding hydrogens is 266 g/mol.